The first-order valence-electron chi connectivity index (χ1n) is 9.99. The van der Waals surface area contributed by atoms with Crippen LogP contribution in [0.3, 0.4) is 0 Å². The molecule has 2 aromatic carbocycles. The zero-order chi connectivity index (χ0) is 20.5. The van der Waals surface area contributed by atoms with Crippen molar-refractivity contribution in [2.45, 2.75) is 31.6 Å². The molecule has 1 saturated heterocycles. The number of hydrogen-bond acceptors (Lipinski definition) is 2. The molecule has 0 aromatic heterocycles. The van der Waals surface area contributed by atoms with Gasteiger partial charge in [-0.05, 0) is 60.8 Å². The monoisotopic (exact) mass is 399 g/mol. The lowest BCUT2D eigenvalue weighted by molar-refractivity contribution is -0.134. The molecule has 1 N–H and O–H groups in total. The minimum absolute atomic E-state index is 0.0167. The Balaban J connectivity index is 1.33. The zero-order valence-corrected chi connectivity index (χ0v) is 16.0. The molecule has 1 aliphatic carbocycles. The Morgan fingerprint density at radius 1 is 1.03 bits per heavy atom. The molecule has 1 amide bonds. The number of carboxylic acid groups (broad SMARTS) is 1. The van der Waals surface area contributed by atoms with E-state index in [1.54, 1.807) is 18.2 Å². The Labute approximate surface area is 168 Å². The molecule has 1 heterocycles. The summed E-state index contributed by atoms with van der Waals surface area (Å²) in [5, 5.41) is 9.33. The van der Waals surface area contributed by atoms with Crippen molar-refractivity contribution in [3.05, 3.63) is 70.8 Å². The first kappa shape index (κ1) is 19.6. The molecule has 4 rings (SSSR count). The summed E-state index contributed by atoms with van der Waals surface area (Å²) >= 11 is 0. The lowest BCUT2D eigenvalue weighted by Gasteiger charge is -2.32. The zero-order valence-electron chi connectivity index (χ0n) is 16.0. The highest BCUT2D eigenvalue weighted by Crippen LogP contribution is 2.49. The van der Waals surface area contributed by atoms with E-state index in [0.717, 1.165) is 24.5 Å². The topological polar surface area (TPSA) is 57.6 Å². The van der Waals surface area contributed by atoms with Crippen LogP contribution in [0.15, 0.2) is 42.5 Å². The van der Waals surface area contributed by atoms with Crippen LogP contribution in [0.25, 0.3) is 0 Å². The predicted molar refractivity (Wildman–Crippen MR) is 104 cm³/mol. The van der Waals surface area contributed by atoms with E-state index in [4.69, 9.17) is 0 Å². The number of hydrogen-bond donors (Lipinski definition) is 1. The number of aromatic carboxylic acids is 1. The van der Waals surface area contributed by atoms with Gasteiger partial charge in [0.2, 0.25) is 5.91 Å². The molecule has 0 spiro atoms. The molecule has 2 aromatic rings. The van der Waals surface area contributed by atoms with Crippen molar-refractivity contribution in [3.63, 3.8) is 0 Å². The van der Waals surface area contributed by atoms with Gasteiger partial charge in [0, 0.05) is 19.0 Å². The molecule has 2 aliphatic rings. The van der Waals surface area contributed by atoms with Crippen molar-refractivity contribution in [3.8, 4) is 0 Å². The average Bonchev–Trinajstić information content (AvgIpc) is 3.51. The van der Waals surface area contributed by atoms with Gasteiger partial charge in [-0.25, -0.2) is 13.6 Å². The van der Waals surface area contributed by atoms with Gasteiger partial charge in [0.05, 0.1) is 5.56 Å². The molecule has 1 aliphatic heterocycles. The van der Waals surface area contributed by atoms with E-state index in [1.807, 2.05) is 17.0 Å². The third-order valence-corrected chi connectivity index (χ3v) is 6.17. The molecule has 2 atom stereocenters. The van der Waals surface area contributed by atoms with Gasteiger partial charge in [0.15, 0.2) is 11.6 Å². The second-order valence-electron chi connectivity index (χ2n) is 8.03. The van der Waals surface area contributed by atoms with Crippen LogP contribution in [-0.2, 0) is 11.2 Å². The molecular weight excluding hydrogens is 376 g/mol. The number of halogens is 2. The van der Waals surface area contributed by atoms with Gasteiger partial charge in [-0.3, -0.25) is 4.79 Å². The average molecular weight is 399 g/mol. The molecule has 0 bridgehead atoms. The number of rotatable bonds is 5. The summed E-state index contributed by atoms with van der Waals surface area (Å²) < 4.78 is 27.4. The Kier molecular flexibility index (Phi) is 5.35. The van der Waals surface area contributed by atoms with Gasteiger partial charge < -0.3 is 10.0 Å². The first-order valence-corrected chi connectivity index (χ1v) is 9.99. The van der Waals surface area contributed by atoms with Crippen LogP contribution in [0, 0.1) is 23.5 Å². The highest BCUT2D eigenvalue weighted by atomic mass is 19.2. The van der Waals surface area contributed by atoms with E-state index in [1.165, 1.54) is 6.07 Å². The fraction of sp³-hybridized carbons (Fsp3) is 0.391. The van der Waals surface area contributed by atoms with Crippen LogP contribution < -0.4 is 0 Å². The van der Waals surface area contributed by atoms with E-state index in [9.17, 15) is 23.5 Å². The summed E-state index contributed by atoms with van der Waals surface area (Å²) in [5.41, 5.74) is 1.46. The number of carboxylic acids is 1. The van der Waals surface area contributed by atoms with Crippen molar-refractivity contribution >= 4 is 11.9 Å². The van der Waals surface area contributed by atoms with Crippen molar-refractivity contribution in [2.24, 2.45) is 11.8 Å². The summed E-state index contributed by atoms with van der Waals surface area (Å²) in [6.45, 7) is 1.24. The number of amides is 1. The second kappa shape index (κ2) is 7.93. The minimum Gasteiger partial charge on any atom is -0.478 e. The lowest BCUT2D eigenvalue weighted by atomic mass is 9.88. The molecule has 2 unspecified atom stereocenters. The molecular formula is C23H23F2NO3. The fourth-order valence-corrected chi connectivity index (χ4v) is 4.43. The van der Waals surface area contributed by atoms with Gasteiger partial charge in [0.25, 0.3) is 0 Å². The van der Waals surface area contributed by atoms with E-state index >= 15 is 0 Å². The van der Waals surface area contributed by atoms with Gasteiger partial charge in [-0.2, -0.15) is 0 Å². The summed E-state index contributed by atoms with van der Waals surface area (Å²) in [6.07, 6.45) is 2.87. The fourth-order valence-electron chi connectivity index (χ4n) is 4.43. The molecule has 1 saturated carbocycles. The normalized spacial score (nSPS) is 21.8. The summed E-state index contributed by atoms with van der Waals surface area (Å²) in [5.74, 6) is -2.79. The van der Waals surface area contributed by atoms with Crippen LogP contribution in [-0.4, -0.2) is 35.0 Å². The Bertz CT molecular complexity index is 937. The SMILES string of the molecule is O=C(O)c1ccccc1CC1CCN(C(=O)C2CC2c2cccc(F)c2F)CC1. The van der Waals surface area contributed by atoms with Crippen LogP contribution in [0.2, 0.25) is 0 Å². The third kappa shape index (κ3) is 4.02. The Morgan fingerprint density at radius 3 is 2.48 bits per heavy atom. The number of carbonyl (C=O) groups is 2. The molecule has 0 radical (unpaired) electrons. The van der Waals surface area contributed by atoms with E-state index in [0.29, 0.717) is 43.0 Å². The molecule has 152 valence electrons. The first-order chi connectivity index (χ1) is 14.0. The highest BCUT2D eigenvalue weighted by Gasteiger charge is 2.47. The number of carbonyl (C=O) groups excluding carboxylic acids is 1. The number of piperidine rings is 1. The van der Waals surface area contributed by atoms with Crippen molar-refractivity contribution in [2.75, 3.05) is 13.1 Å². The minimum atomic E-state index is -0.919. The van der Waals surface area contributed by atoms with Gasteiger partial charge >= 0.3 is 5.97 Å². The van der Waals surface area contributed by atoms with E-state index < -0.39 is 17.6 Å². The summed E-state index contributed by atoms with van der Waals surface area (Å²) in [4.78, 5) is 26.0. The van der Waals surface area contributed by atoms with Crippen LogP contribution in [0.4, 0.5) is 8.78 Å². The Hall–Kier alpha value is -2.76. The van der Waals surface area contributed by atoms with Crippen molar-refractivity contribution < 1.29 is 23.5 Å². The predicted octanol–water partition coefficient (Wildman–Crippen LogP) is 4.25. The second-order valence-corrected chi connectivity index (χ2v) is 8.03. The largest absolute Gasteiger partial charge is 0.478 e. The number of nitrogens with zero attached hydrogens (tertiary/aromatic N) is 1. The third-order valence-electron chi connectivity index (χ3n) is 6.17. The van der Waals surface area contributed by atoms with E-state index in [-0.39, 0.29) is 17.7 Å². The van der Waals surface area contributed by atoms with Crippen molar-refractivity contribution in [1.29, 1.82) is 0 Å². The summed E-state index contributed by atoms with van der Waals surface area (Å²) in [7, 11) is 0. The van der Waals surface area contributed by atoms with Crippen LogP contribution in [0.5, 0.6) is 0 Å². The molecule has 4 nitrogen and oxygen atoms in total. The van der Waals surface area contributed by atoms with Crippen molar-refractivity contribution in [1.82, 2.24) is 4.90 Å². The van der Waals surface area contributed by atoms with Gasteiger partial charge in [0.1, 0.15) is 0 Å². The van der Waals surface area contributed by atoms with Gasteiger partial charge in [-0.1, -0.05) is 30.3 Å². The van der Waals surface area contributed by atoms with Crippen LogP contribution >= 0.6 is 0 Å². The Morgan fingerprint density at radius 2 is 1.76 bits per heavy atom. The summed E-state index contributed by atoms with van der Waals surface area (Å²) in [6, 6.07) is 11.2. The maximum Gasteiger partial charge on any atom is 0.335 e. The standard InChI is InChI=1S/C23H23F2NO3/c24-20-7-3-6-17(21(20)25)18-13-19(18)22(27)26-10-8-14(9-11-26)12-15-4-1-2-5-16(15)23(28)29/h1-7,14,18-19H,8-13H2,(H,28,29). The maximum absolute atomic E-state index is 14.0. The number of likely N-dealkylation sites (tertiary alicyclic amines) is 1. The lowest BCUT2D eigenvalue weighted by Crippen LogP contribution is -2.40. The van der Waals surface area contributed by atoms with Crippen LogP contribution in [0.1, 0.15) is 46.7 Å². The quantitative estimate of drug-likeness (QED) is 0.818. The maximum atomic E-state index is 14.0. The highest BCUT2D eigenvalue weighted by molar-refractivity contribution is 5.89. The molecule has 2 fully saturated rings. The molecule has 6 heteroatoms. The number of benzene rings is 2. The smallest absolute Gasteiger partial charge is 0.335 e. The van der Waals surface area contributed by atoms with E-state index in [2.05, 4.69) is 0 Å². The molecule has 29 heavy (non-hydrogen) atoms. The van der Waals surface area contributed by atoms with Gasteiger partial charge in [-0.15, -0.1) is 0 Å².